The van der Waals surface area contributed by atoms with Gasteiger partial charge in [0.1, 0.15) is 0 Å². The Balaban J connectivity index is 4.02. The Kier molecular flexibility index (Phi) is 4.96. The first-order chi connectivity index (χ1) is 5.56. The number of aliphatic hydroxyl groups is 1. The van der Waals surface area contributed by atoms with Gasteiger partial charge in [-0.25, -0.2) is 0 Å². The number of hydrogen-bond donors (Lipinski definition) is 2. The van der Waals surface area contributed by atoms with E-state index in [9.17, 15) is 5.11 Å². The maximum atomic E-state index is 9.93. The fourth-order valence-corrected chi connectivity index (χ4v) is 1.03. The van der Waals surface area contributed by atoms with Crippen LogP contribution >= 0.6 is 0 Å². The Hall–Kier alpha value is -0.520. The van der Waals surface area contributed by atoms with Crippen molar-refractivity contribution in [1.82, 2.24) is 0 Å². The van der Waals surface area contributed by atoms with E-state index in [1.807, 2.05) is 13.8 Å². The van der Waals surface area contributed by atoms with Crippen LogP contribution in [0.1, 0.15) is 33.6 Å². The van der Waals surface area contributed by atoms with Crippen LogP contribution in [0.3, 0.4) is 0 Å². The molecule has 0 aliphatic rings. The van der Waals surface area contributed by atoms with Gasteiger partial charge in [0.05, 0.1) is 5.60 Å². The summed E-state index contributed by atoms with van der Waals surface area (Å²) in [6, 6.07) is 0. The molecule has 0 bridgehead atoms. The first-order valence-corrected chi connectivity index (χ1v) is 4.39. The fourth-order valence-electron chi connectivity index (χ4n) is 1.03. The lowest BCUT2D eigenvalue weighted by atomic mass is 9.86. The molecular weight excluding hydrogens is 150 g/mol. The molecule has 0 heterocycles. The van der Waals surface area contributed by atoms with Gasteiger partial charge < -0.3 is 10.8 Å². The van der Waals surface area contributed by atoms with E-state index < -0.39 is 5.60 Å². The van der Waals surface area contributed by atoms with Gasteiger partial charge in [0.15, 0.2) is 0 Å². The first kappa shape index (κ1) is 11.5. The lowest BCUT2D eigenvalue weighted by molar-refractivity contribution is -0.00291. The largest absolute Gasteiger partial charge is 0.388 e. The second-order valence-electron chi connectivity index (χ2n) is 3.39. The standard InChI is InChI=1S/C10H19NO/c1-4-5-6-7-10(12,8-11)9(2)3/h9,12H,6-8,11H2,1-3H3. The molecule has 70 valence electrons. The van der Waals surface area contributed by atoms with E-state index in [4.69, 9.17) is 5.73 Å². The van der Waals surface area contributed by atoms with Crippen molar-refractivity contribution in [3.8, 4) is 11.8 Å². The van der Waals surface area contributed by atoms with Crippen molar-refractivity contribution >= 4 is 0 Å². The predicted molar refractivity (Wildman–Crippen MR) is 51.5 cm³/mol. The van der Waals surface area contributed by atoms with Gasteiger partial charge in [-0.2, -0.15) is 0 Å². The second kappa shape index (κ2) is 5.18. The van der Waals surface area contributed by atoms with Crippen LogP contribution in [0.25, 0.3) is 0 Å². The van der Waals surface area contributed by atoms with E-state index >= 15 is 0 Å². The number of nitrogens with two attached hydrogens (primary N) is 1. The molecule has 1 atom stereocenters. The maximum Gasteiger partial charge on any atom is 0.0801 e. The van der Waals surface area contributed by atoms with Crippen LogP contribution in [-0.4, -0.2) is 17.3 Å². The van der Waals surface area contributed by atoms with Crippen molar-refractivity contribution in [2.24, 2.45) is 11.7 Å². The third kappa shape index (κ3) is 3.25. The van der Waals surface area contributed by atoms with Crippen LogP contribution in [0, 0.1) is 17.8 Å². The van der Waals surface area contributed by atoms with Crippen molar-refractivity contribution in [3.63, 3.8) is 0 Å². The summed E-state index contributed by atoms with van der Waals surface area (Å²) in [5.41, 5.74) is 4.76. The molecule has 12 heavy (non-hydrogen) atoms. The van der Waals surface area contributed by atoms with E-state index in [1.54, 1.807) is 6.92 Å². The molecule has 1 unspecified atom stereocenters. The molecule has 0 saturated heterocycles. The molecule has 0 radical (unpaired) electrons. The zero-order chi connectivity index (χ0) is 9.61. The summed E-state index contributed by atoms with van der Waals surface area (Å²) < 4.78 is 0. The van der Waals surface area contributed by atoms with Crippen molar-refractivity contribution in [2.45, 2.75) is 39.2 Å². The van der Waals surface area contributed by atoms with Gasteiger partial charge in [0, 0.05) is 13.0 Å². The third-order valence-corrected chi connectivity index (χ3v) is 2.29. The van der Waals surface area contributed by atoms with E-state index in [-0.39, 0.29) is 5.92 Å². The minimum absolute atomic E-state index is 0.196. The Morgan fingerprint density at radius 3 is 2.42 bits per heavy atom. The van der Waals surface area contributed by atoms with Gasteiger partial charge in [0.25, 0.3) is 0 Å². The summed E-state index contributed by atoms with van der Waals surface area (Å²) >= 11 is 0. The van der Waals surface area contributed by atoms with Gasteiger partial charge in [-0.3, -0.25) is 0 Å². The lowest BCUT2D eigenvalue weighted by Crippen LogP contribution is -2.42. The third-order valence-electron chi connectivity index (χ3n) is 2.29. The highest BCUT2D eigenvalue weighted by molar-refractivity contribution is 4.97. The average Bonchev–Trinajstić information content (AvgIpc) is 2.04. The molecule has 2 nitrogen and oxygen atoms in total. The molecule has 0 saturated carbocycles. The highest BCUT2D eigenvalue weighted by Gasteiger charge is 2.28. The molecular formula is C10H19NO. The van der Waals surface area contributed by atoms with Crippen LogP contribution < -0.4 is 5.73 Å². The summed E-state index contributed by atoms with van der Waals surface area (Å²) in [5.74, 6) is 5.92. The van der Waals surface area contributed by atoms with Crippen LogP contribution in [0.4, 0.5) is 0 Å². The van der Waals surface area contributed by atoms with E-state index in [1.165, 1.54) is 0 Å². The number of rotatable bonds is 4. The van der Waals surface area contributed by atoms with Crippen LogP contribution in [0.2, 0.25) is 0 Å². The molecule has 0 aromatic heterocycles. The van der Waals surface area contributed by atoms with Gasteiger partial charge in [-0.15, -0.1) is 11.8 Å². The zero-order valence-electron chi connectivity index (χ0n) is 8.22. The summed E-state index contributed by atoms with van der Waals surface area (Å²) in [6.45, 7) is 6.07. The zero-order valence-corrected chi connectivity index (χ0v) is 8.22. The van der Waals surface area contributed by atoms with Gasteiger partial charge in [0.2, 0.25) is 0 Å². The molecule has 0 aliphatic heterocycles. The van der Waals surface area contributed by atoms with Crippen LogP contribution in [0.15, 0.2) is 0 Å². The molecule has 0 amide bonds. The lowest BCUT2D eigenvalue weighted by Gasteiger charge is -2.29. The minimum Gasteiger partial charge on any atom is -0.388 e. The van der Waals surface area contributed by atoms with Crippen molar-refractivity contribution < 1.29 is 5.11 Å². The van der Waals surface area contributed by atoms with Crippen molar-refractivity contribution in [2.75, 3.05) is 6.54 Å². The fraction of sp³-hybridized carbons (Fsp3) is 0.800. The van der Waals surface area contributed by atoms with E-state index in [2.05, 4.69) is 11.8 Å². The smallest absolute Gasteiger partial charge is 0.0801 e. The van der Waals surface area contributed by atoms with Gasteiger partial charge >= 0.3 is 0 Å². The SMILES string of the molecule is CC#CCCC(O)(CN)C(C)C. The Bertz CT molecular complexity index is 178. The molecule has 3 N–H and O–H groups in total. The Morgan fingerprint density at radius 2 is 2.08 bits per heavy atom. The topological polar surface area (TPSA) is 46.2 Å². The summed E-state index contributed by atoms with van der Waals surface area (Å²) in [4.78, 5) is 0. The molecule has 2 heteroatoms. The van der Waals surface area contributed by atoms with Gasteiger partial charge in [-0.05, 0) is 19.3 Å². The highest BCUT2D eigenvalue weighted by atomic mass is 16.3. The van der Waals surface area contributed by atoms with Crippen LogP contribution in [-0.2, 0) is 0 Å². The quantitative estimate of drug-likeness (QED) is 0.620. The molecule has 0 fully saturated rings. The van der Waals surface area contributed by atoms with Crippen molar-refractivity contribution in [1.29, 1.82) is 0 Å². The first-order valence-electron chi connectivity index (χ1n) is 4.39. The number of hydrogen-bond acceptors (Lipinski definition) is 2. The summed E-state index contributed by atoms with van der Waals surface area (Å²) in [7, 11) is 0. The van der Waals surface area contributed by atoms with E-state index in [0.29, 0.717) is 13.0 Å². The minimum atomic E-state index is -0.732. The average molecular weight is 169 g/mol. The summed E-state index contributed by atoms with van der Waals surface area (Å²) in [6.07, 6.45) is 1.39. The van der Waals surface area contributed by atoms with Crippen LogP contribution in [0.5, 0.6) is 0 Å². The van der Waals surface area contributed by atoms with Gasteiger partial charge in [-0.1, -0.05) is 13.8 Å². The monoisotopic (exact) mass is 169 g/mol. The Labute approximate surface area is 75.2 Å². The van der Waals surface area contributed by atoms with Crippen molar-refractivity contribution in [3.05, 3.63) is 0 Å². The maximum absolute atomic E-state index is 9.93. The molecule has 0 rings (SSSR count). The normalized spacial score (nSPS) is 15.2. The molecule has 0 aromatic carbocycles. The Morgan fingerprint density at radius 1 is 1.50 bits per heavy atom. The molecule has 0 aliphatic carbocycles. The second-order valence-corrected chi connectivity index (χ2v) is 3.39. The predicted octanol–water partition coefficient (Wildman–Crippen LogP) is 1.14. The summed E-state index contributed by atoms with van der Waals surface area (Å²) in [5, 5.41) is 9.93. The van der Waals surface area contributed by atoms with E-state index in [0.717, 1.165) is 6.42 Å². The molecule has 0 aromatic rings. The molecule has 0 spiro atoms. The highest BCUT2D eigenvalue weighted by Crippen LogP contribution is 2.20.